The van der Waals surface area contributed by atoms with E-state index >= 15 is 0 Å². The Labute approximate surface area is 127 Å². The number of rotatable bonds is 6. The van der Waals surface area contributed by atoms with E-state index in [-0.39, 0.29) is 11.8 Å². The topological polar surface area (TPSA) is 93.7 Å². The molecule has 0 spiro atoms. The molecular weight excluding hydrogens is 288 g/mol. The summed E-state index contributed by atoms with van der Waals surface area (Å²) in [6.45, 7) is 3.77. The number of aromatic nitrogens is 2. The summed E-state index contributed by atoms with van der Waals surface area (Å²) in [4.78, 5) is 11.0. The minimum Gasteiger partial charge on any atom is -0.493 e. The molecule has 22 heavy (non-hydrogen) atoms. The number of benzene rings is 1. The summed E-state index contributed by atoms with van der Waals surface area (Å²) in [7, 11) is 3.05. The third-order valence-electron chi connectivity index (χ3n) is 2.94. The van der Waals surface area contributed by atoms with E-state index in [1.807, 2.05) is 13.8 Å². The predicted molar refractivity (Wildman–Crippen MR) is 79.9 cm³/mol. The van der Waals surface area contributed by atoms with Gasteiger partial charge >= 0.3 is 5.97 Å². The summed E-state index contributed by atoms with van der Waals surface area (Å²) < 4.78 is 16.5. The fraction of sp³-hybridized carbons (Fsp3) is 0.333. The molecule has 7 heteroatoms. The van der Waals surface area contributed by atoms with Crippen molar-refractivity contribution in [3.63, 3.8) is 0 Å². The number of methoxy groups -OCH3 is 2. The zero-order chi connectivity index (χ0) is 16.3. The molecule has 1 heterocycles. The number of carboxylic acids is 1. The summed E-state index contributed by atoms with van der Waals surface area (Å²) in [6, 6.07) is 4.91. The molecule has 0 aliphatic carbocycles. The normalized spacial score (nSPS) is 10.6. The van der Waals surface area contributed by atoms with Gasteiger partial charge in [-0.15, -0.1) is 0 Å². The summed E-state index contributed by atoms with van der Waals surface area (Å²) in [6.07, 6.45) is -0.0994. The molecule has 0 amide bonds. The zero-order valence-electron chi connectivity index (χ0n) is 12.8. The molecule has 0 saturated heterocycles. The van der Waals surface area contributed by atoms with E-state index in [4.69, 9.17) is 19.3 Å². The third kappa shape index (κ3) is 2.98. The van der Waals surface area contributed by atoms with Gasteiger partial charge in [0.05, 0.1) is 26.0 Å². The Kier molecular flexibility index (Phi) is 4.55. The lowest BCUT2D eigenvalue weighted by Gasteiger charge is -2.18. The van der Waals surface area contributed by atoms with Crippen LogP contribution in [0, 0.1) is 0 Å². The molecular formula is C15H18N2O5. The van der Waals surface area contributed by atoms with Crippen LogP contribution >= 0.6 is 0 Å². The van der Waals surface area contributed by atoms with E-state index in [0.717, 1.165) is 0 Å². The molecule has 2 N–H and O–H groups in total. The molecule has 0 aliphatic heterocycles. The van der Waals surface area contributed by atoms with Gasteiger partial charge in [-0.1, -0.05) is 0 Å². The van der Waals surface area contributed by atoms with Gasteiger partial charge in [0.2, 0.25) is 5.75 Å². The van der Waals surface area contributed by atoms with Crippen molar-refractivity contribution in [3.05, 3.63) is 23.9 Å². The van der Waals surface area contributed by atoms with Crippen molar-refractivity contribution in [2.24, 2.45) is 0 Å². The van der Waals surface area contributed by atoms with Gasteiger partial charge in [-0.05, 0) is 32.0 Å². The Morgan fingerprint density at radius 2 is 1.95 bits per heavy atom. The molecule has 2 aromatic rings. The van der Waals surface area contributed by atoms with Gasteiger partial charge in [0.15, 0.2) is 11.5 Å². The number of ether oxygens (including phenoxy) is 3. The first-order chi connectivity index (χ1) is 10.5. The van der Waals surface area contributed by atoms with Crippen molar-refractivity contribution >= 4 is 5.97 Å². The maximum atomic E-state index is 11.0. The molecule has 2 rings (SSSR count). The summed E-state index contributed by atoms with van der Waals surface area (Å²) >= 11 is 0. The molecule has 7 nitrogen and oxygen atoms in total. The highest BCUT2D eigenvalue weighted by atomic mass is 16.5. The largest absolute Gasteiger partial charge is 0.493 e. The Morgan fingerprint density at radius 3 is 2.45 bits per heavy atom. The number of nitrogens with zero attached hydrogens (tertiary/aromatic N) is 1. The molecule has 0 bridgehead atoms. The number of H-pyrrole nitrogens is 1. The Balaban J connectivity index is 2.60. The molecule has 1 aromatic heterocycles. The first-order valence-corrected chi connectivity index (χ1v) is 6.68. The second-order valence-electron chi connectivity index (χ2n) is 4.82. The lowest BCUT2D eigenvalue weighted by molar-refractivity contribution is 0.0690. The van der Waals surface area contributed by atoms with Crippen molar-refractivity contribution in [3.8, 4) is 28.5 Å². The van der Waals surface area contributed by atoms with E-state index < -0.39 is 5.97 Å². The molecule has 0 unspecified atom stereocenters. The van der Waals surface area contributed by atoms with Crippen LogP contribution in [-0.4, -0.2) is 41.6 Å². The van der Waals surface area contributed by atoms with E-state index in [1.165, 1.54) is 20.3 Å². The molecule has 0 fully saturated rings. The number of nitrogens with one attached hydrogen (secondary N) is 1. The second-order valence-corrected chi connectivity index (χ2v) is 4.82. The van der Waals surface area contributed by atoms with Crippen molar-refractivity contribution in [1.29, 1.82) is 0 Å². The van der Waals surface area contributed by atoms with Gasteiger partial charge in [-0.2, -0.15) is 5.10 Å². The minimum atomic E-state index is -1.08. The van der Waals surface area contributed by atoms with Crippen LogP contribution in [0.1, 0.15) is 24.3 Å². The van der Waals surface area contributed by atoms with Crippen LogP contribution in [0.5, 0.6) is 17.2 Å². The number of aromatic amines is 1. The van der Waals surface area contributed by atoms with E-state index in [1.54, 1.807) is 12.1 Å². The number of hydrogen-bond acceptors (Lipinski definition) is 5. The van der Waals surface area contributed by atoms with Crippen molar-refractivity contribution in [1.82, 2.24) is 10.2 Å². The number of carbonyl (C=O) groups is 1. The highest BCUT2D eigenvalue weighted by Gasteiger charge is 2.21. The van der Waals surface area contributed by atoms with Gasteiger partial charge in [0.25, 0.3) is 0 Å². The van der Waals surface area contributed by atoms with E-state index in [9.17, 15) is 4.79 Å². The van der Waals surface area contributed by atoms with Gasteiger partial charge in [-0.25, -0.2) is 4.79 Å². The van der Waals surface area contributed by atoms with Gasteiger partial charge in [0, 0.05) is 5.56 Å². The number of aromatic carboxylic acids is 1. The smallest absolute Gasteiger partial charge is 0.353 e. The first-order valence-electron chi connectivity index (χ1n) is 6.68. The zero-order valence-corrected chi connectivity index (χ0v) is 12.8. The molecule has 1 aromatic carbocycles. The highest BCUT2D eigenvalue weighted by molar-refractivity contribution is 5.87. The van der Waals surface area contributed by atoms with E-state index in [0.29, 0.717) is 28.5 Å². The highest BCUT2D eigenvalue weighted by Crippen LogP contribution is 2.44. The molecule has 0 atom stereocenters. The van der Waals surface area contributed by atoms with Gasteiger partial charge < -0.3 is 19.3 Å². The number of hydrogen-bond donors (Lipinski definition) is 2. The predicted octanol–water partition coefficient (Wildman–Crippen LogP) is 2.58. The lowest BCUT2D eigenvalue weighted by Crippen LogP contribution is -2.08. The SMILES string of the molecule is COc1ccc(-c2cc(C(=O)O)[nH]n2)c(OC(C)C)c1OC. The number of carboxylic acid groups (broad SMARTS) is 1. The van der Waals surface area contributed by atoms with Crippen molar-refractivity contribution in [2.45, 2.75) is 20.0 Å². The minimum absolute atomic E-state index is 0.000261. The van der Waals surface area contributed by atoms with Crippen LogP contribution in [0.3, 0.4) is 0 Å². The first kappa shape index (κ1) is 15.7. The summed E-state index contributed by atoms with van der Waals surface area (Å²) in [5.41, 5.74) is 1.07. The molecule has 0 radical (unpaired) electrons. The lowest BCUT2D eigenvalue weighted by atomic mass is 10.1. The van der Waals surface area contributed by atoms with Crippen LogP contribution in [-0.2, 0) is 0 Å². The van der Waals surface area contributed by atoms with E-state index in [2.05, 4.69) is 10.2 Å². The summed E-state index contributed by atoms with van der Waals surface area (Å²) in [5.74, 6) is 0.343. The van der Waals surface area contributed by atoms with Crippen LogP contribution in [0.15, 0.2) is 18.2 Å². The Hall–Kier alpha value is -2.70. The fourth-order valence-electron chi connectivity index (χ4n) is 2.02. The third-order valence-corrected chi connectivity index (χ3v) is 2.94. The van der Waals surface area contributed by atoms with Crippen LogP contribution < -0.4 is 14.2 Å². The maximum Gasteiger partial charge on any atom is 0.353 e. The van der Waals surface area contributed by atoms with Gasteiger partial charge in [-0.3, -0.25) is 5.10 Å². The monoisotopic (exact) mass is 306 g/mol. The standard InChI is InChI=1S/C15H18N2O5/c1-8(2)22-13-9(5-6-12(20-3)14(13)21-4)10-7-11(15(18)19)17-16-10/h5-8H,1-4H3,(H,16,17)(H,18,19). The Morgan fingerprint density at radius 1 is 1.23 bits per heavy atom. The second kappa shape index (κ2) is 6.38. The van der Waals surface area contributed by atoms with Gasteiger partial charge in [0.1, 0.15) is 5.69 Å². The fourth-order valence-corrected chi connectivity index (χ4v) is 2.02. The van der Waals surface area contributed by atoms with Crippen molar-refractivity contribution < 1.29 is 24.1 Å². The average molecular weight is 306 g/mol. The Bertz CT molecular complexity index is 679. The van der Waals surface area contributed by atoms with Crippen LogP contribution in [0.4, 0.5) is 0 Å². The molecule has 118 valence electrons. The maximum absolute atomic E-state index is 11.0. The van der Waals surface area contributed by atoms with Crippen LogP contribution in [0.2, 0.25) is 0 Å². The molecule has 0 aliphatic rings. The average Bonchev–Trinajstić information content (AvgIpc) is 2.95. The quantitative estimate of drug-likeness (QED) is 0.852. The molecule has 0 saturated carbocycles. The van der Waals surface area contributed by atoms with Crippen LogP contribution in [0.25, 0.3) is 11.3 Å². The van der Waals surface area contributed by atoms with Crippen molar-refractivity contribution in [2.75, 3.05) is 14.2 Å². The summed E-state index contributed by atoms with van der Waals surface area (Å²) in [5, 5.41) is 15.5.